The minimum atomic E-state index is -3.45. The van der Waals surface area contributed by atoms with Crippen LogP contribution in [0.5, 0.6) is 0 Å². The highest BCUT2D eigenvalue weighted by Gasteiger charge is 2.43. The number of anilines is 1. The van der Waals surface area contributed by atoms with Crippen LogP contribution in [0.3, 0.4) is 0 Å². The van der Waals surface area contributed by atoms with E-state index >= 15 is 0 Å². The van der Waals surface area contributed by atoms with Gasteiger partial charge in [-0.15, -0.1) is 0 Å². The summed E-state index contributed by atoms with van der Waals surface area (Å²) in [5.41, 5.74) is 1.05. The number of pyridine rings is 1. The van der Waals surface area contributed by atoms with Gasteiger partial charge in [-0.05, 0) is 24.3 Å². The predicted molar refractivity (Wildman–Crippen MR) is 143 cm³/mol. The molecular weight excluding hydrogens is 524 g/mol. The Hall–Kier alpha value is -3.70. The minimum absolute atomic E-state index is 0.0722. The van der Waals surface area contributed by atoms with Gasteiger partial charge in [0.1, 0.15) is 6.61 Å². The second-order valence-corrected chi connectivity index (χ2v) is 12.5. The lowest BCUT2D eigenvalue weighted by molar-refractivity contribution is -0.123. The van der Waals surface area contributed by atoms with E-state index in [1.165, 1.54) is 18.3 Å². The number of hydrogen-bond donors (Lipinski definition) is 4. The molecule has 0 spiro atoms. The number of rotatable bonds is 5. The van der Waals surface area contributed by atoms with Crippen molar-refractivity contribution in [3.8, 4) is 6.07 Å². The summed E-state index contributed by atoms with van der Waals surface area (Å²) in [4.78, 5) is 45.5. The first kappa shape index (κ1) is 28.3. The highest BCUT2D eigenvalue weighted by molar-refractivity contribution is 8.22. The van der Waals surface area contributed by atoms with Crippen LogP contribution in [0, 0.1) is 28.6 Å². The van der Waals surface area contributed by atoms with Gasteiger partial charge >= 0.3 is 6.09 Å². The van der Waals surface area contributed by atoms with Gasteiger partial charge in [0.15, 0.2) is 5.03 Å². The molecule has 12 nitrogen and oxygen atoms in total. The largest absolute Gasteiger partial charge is 0.444 e. The van der Waals surface area contributed by atoms with Gasteiger partial charge in [0.25, 0.3) is 5.91 Å². The fourth-order valence-electron chi connectivity index (χ4n) is 4.60. The number of hydrogen-bond acceptors (Lipinski definition) is 9. The summed E-state index contributed by atoms with van der Waals surface area (Å²) >= 11 is 0. The molecule has 1 aromatic heterocycles. The maximum atomic E-state index is 12.9. The average molecular weight is 557 g/mol. The Bertz CT molecular complexity index is 1300. The fourth-order valence-corrected chi connectivity index (χ4v) is 5.08. The molecule has 0 saturated carbocycles. The second-order valence-electron chi connectivity index (χ2n) is 10.9. The van der Waals surface area contributed by atoms with Crippen LogP contribution >= 0.6 is 10.8 Å². The third-order valence-electron chi connectivity index (χ3n) is 6.84. The molecule has 4 rings (SSSR count). The van der Waals surface area contributed by atoms with Crippen molar-refractivity contribution in [2.45, 2.75) is 32.4 Å². The molecule has 2 aliphatic heterocycles. The normalized spacial score (nSPS) is 19.3. The number of likely N-dealkylation sites (tertiary alicyclic amines) is 2. The van der Waals surface area contributed by atoms with Crippen molar-refractivity contribution in [1.29, 1.82) is 5.26 Å². The van der Waals surface area contributed by atoms with E-state index in [1.807, 2.05) is 6.07 Å². The Kier molecular flexibility index (Phi) is 7.85. The number of nitrogens with one attached hydrogen (secondary N) is 1. The molecule has 39 heavy (non-hydrogen) atoms. The van der Waals surface area contributed by atoms with Gasteiger partial charge in [-0.2, -0.15) is 5.26 Å². The van der Waals surface area contributed by atoms with E-state index < -0.39 is 22.3 Å². The number of nitriles is 1. The van der Waals surface area contributed by atoms with Crippen molar-refractivity contribution in [3.63, 3.8) is 0 Å². The van der Waals surface area contributed by atoms with Crippen molar-refractivity contribution >= 4 is 34.4 Å². The number of amides is 3. The van der Waals surface area contributed by atoms with E-state index in [0.29, 0.717) is 48.6 Å². The number of nitrogens with two attached hydrogens (primary N) is 1. The Balaban J connectivity index is 1.33. The maximum absolute atomic E-state index is 12.9. The molecule has 0 bridgehead atoms. The Morgan fingerprint density at radius 3 is 2.31 bits per heavy atom. The zero-order valence-electron chi connectivity index (χ0n) is 22.0. The molecule has 208 valence electrons. The Labute approximate surface area is 228 Å². The van der Waals surface area contributed by atoms with Crippen molar-refractivity contribution in [2.24, 2.45) is 22.4 Å². The molecule has 5 N–H and O–H groups in total. The van der Waals surface area contributed by atoms with Crippen molar-refractivity contribution in [2.75, 3.05) is 31.5 Å². The van der Waals surface area contributed by atoms with Crippen LogP contribution in [0.1, 0.15) is 42.3 Å². The molecule has 2 aromatic rings. The van der Waals surface area contributed by atoms with Gasteiger partial charge in [-0.25, -0.2) is 14.9 Å². The summed E-state index contributed by atoms with van der Waals surface area (Å²) in [5.74, 6) is -0.252. The van der Waals surface area contributed by atoms with Crippen LogP contribution in [0.25, 0.3) is 0 Å². The molecule has 2 saturated heterocycles. The molecule has 3 heterocycles. The fraction of sp³-hybridized carbons (Fsp3) is 0.423. The number of carbonyl (C=O) groups is 3. The maximum Gasteiger partial charge on any atom is 0.410 e. The zero-order valence-corrected chi connectivity index (χ0v) is 22.8. The lowest BCUT2D eigenvalue weighted by Crippen LogP contribution is -2.36. The van der Waals surface area contributed by atoms with Crippen LogP contribution < -0.4 is 10.5 Å². The number of benzene rings is 1. The third-order valence-corrected chi connectivity index (χ3v) is 7.70. The first-order chi connectivity index (χ1) is 18.3. The number of fused-ring (bicyclic) bond motifs is 1. The van der Waals surface area contributed by atoms with Crippen LogP contribution in [-0.4, -0.2) is 68.0 Å². The van der Waals surface area contributed by atoms with E-state index in [4.69, 9.17) is 9.88 Å². The molecule has 0 aliphatic carbocycles. The van der Waals surface area contributed by atoms with Crippen molar-refractivity contribution in [3.05, 3.63) is 53.2 Å². The van der Waals surface area contributed by atoms with Gasteiger partial charge < -0.3 is 19.9 Å². The van der Waals surface area contributed by atoms with E-state index in [0.717, 1.165) is 0 Å². The van der Waals surface area contributed by atoms with Crippen LogP contribution in [0.4, 0.5) is 10.5 Å². The summed E-state index contributed by atoms with van der Waals surface area (Å²) in [6.07, 6.45) is 0.790. The van der Waals surface area contributed by atoms with Crippen LogP contribution in [0.2, 0.25) is 0 Å². The van der Waals surface area contributed by atoms with Gasteiger partial charge in [0.2, 0.25) is 5.91 Å². The van der Waals surface area contributed by atoms with E-state index in [-0.39, 0.29) is 35.3 Å². The monoisotopic (exact) mass is 556 g/mol. The molecule has 2 fully saturated rings. The summed E-state index contributed by atoms with van der Waals surface area (Å²) < 4.78 is 24.6. The molecule has 2 atom stereocenters. The van der Waals surface area contributed by atoms with Gasteiger partial charge in [-0.1, -0.05) is 37.6 Å². The first-order valence-corrected chi connectivity index (χ1v) is 13.9. The van der Waals surface area contributed by atoms with Crippen LogP contribution in [-0.2, 0) is 16.1 Å². The molecule has 3 amide bonds. The summed E-state index contributed by atoms with van der Waals surface area (Å²) in [6.45, 7) is 7.09. The SMILES string of the molecule is CC(C)(C)C(=O)Nc1cc(C#N)ccc1COC(=O)N1CC2CN(C(=O)c3ccc(S(N)(O)O)nc3)CC2C1. The quantitative estimate of drug-likeness (QED) is 0.429. The topological polar surface area (TPSA) is 182 Å². The molecule has 13 heteroatoms. The van der Waals surface area contributed by atoms with Crippen molar-refractivity contribution in [1.82, 2.24) is 14.8 Å². The van der Waals surface area contributed by atoms with Crippen LogP contribution in [0.15, 0.2) is 41.6 Å². The molecule has 1 aromatic carbocycles. The molecule has 0 radical (unpaired) electrons. The molecular formula is C26H32N6O6S. The number of ether oxygens (including phenoxy) is 1. The average Bonchev–Trinajstić information content (AvgIpc) is 3.46. The van der Waals surface area contributed by atoms with Gasteiger partial charge in [0, 0.05) is 60.9 Å². The number of aromatic nitrogens is 1. The Morgan fingerprint density at radius 2 is 1.77 bits per heavy atom. The number of carbonyl (C=O) groups excluding carboxylic acids is 3. The predicted octanol–water partition coefficient (Wildman–Crippen LogP) is 3.26. The first-order valence-electron chi connectivity index (χ1n) is 12.3. The highest BCUT2D eigenvalue weighted by atomic mass is 32.3. The van der Waals surface area contributed by atoms with Crippen molar-refractivity contribution < 1.29 is 28.2 Å². The lowest BCUT2D eigenvalue weighted by atomic mass is 9.95. The highest BCUT2D eigenvalue weighted by Crippen LogP contribution is 2.38. The minimum Gasteiger partial charge on any atom is -0.444 e. The second kappa shape index (κ2) is 10.8. The molecule has 2 aliphatic rings. The Morgan fingerprint density at radius 1 is 1.13 bits per heavy atom. The summed E-state index contributed by atoms with van der Waals surface area (Å²) in [6, 6.07) is 9.65. The lowest BCUT2D eigenvalue weighted by Gasteiger charge is -2.25. The zero-order chi connectivity index (χ0) is 28.5. The number of nitrogens with zero attached hydrogens (tertiary/aromatic N) is 4. The van der Waals surface area contributed by atoms with Gasteiger partial charge in [-0.3, -0.25) is 18.7 Å². The smallest absolute Gasteiger partial charge is 0.410 e. The summed E-state index contributed by atoms with van der Waals surface area (Å²) in [7, 11) is -3.45. The standard InChI is InChI=1S/C26H32N6O6S/c1-26(2,3)24(34)30-21-8-16(9-27)4-5-18(21)15-38-25(35)32-13-19-11-31(12-20(19)14-32)23(33)17-6-7-22(29-10-17)39(28,36)37/h4-8,10,19-20,36-37H,11-15,28H2,1-3H3,(H,30,34). The van der Waals surface area contributed by atoms with Gasteiger partial charge in [0.05, 0.1) is 17.2 Å². The van der Waals surface area contributed by atoms with E-state index in [9.17, 15) is 28.8 Å². The summed E-state index contributed by atoms with van der Waals surface area (Å²) in [5, 5.41) is 17.3. The molecule has 2 unspecified atom stereocenters. The third kappa shape index (κ3) is 6.48. The van der Waals surface area contributed by atoms with E-state index in [2.05, 4.69) is 10.3 Å². The van der Waals surface area contributed by atoms with E-state index in [1.54, 1.807) is 48.8 Å².